The second-order valence-corrected chi connectivity index (χ2v) is 4.71. The maximum absolute atomic E-state index is 11.9. The molecule has 3 heteroatoms. The van der Waals surface area contributed by atoms with Crippen molar-refractivity contribution in [2.75, 3.05) is 11.5 Å². The maximum atomic E-state index is 11.9. The molecule has 0 N–H and O–H groups in total. The monoisotopic (exact) mass is 253 g/mol. The van der Waals surface area contributed by atoms with Crippen LogP contribution in [0.5, 0.6) is 0 Å². The van der Waals surface area contributed by atoms with E-state index in [4.69, 9.17) is 4.74 Å². The summed E-state index contributed by atoms with van der Waals surface area (Å²) in [7, 11) is 0. The quantitative estimate of drug-likeness (QED) is 0.816. The van der Waals surface area contributed by atoms with Gasteiger partial charge < -0.3 is 4.74 Å². The summed E-state index contributed by atoms with van der Waals surface area (Å²) in [5.74, 6) is 0. The number of benzene rings is 2. The molecule has 0 aromatic heterocycles. The fourth-order valence-corrected chi connectivity index (χ4v) is 2.33. The third kappa shape index (κ3) is 2.19. The van der Waals surface area contributed by atoms with Crippen LogP contribution in [0.3, 0.4) is 0 Å². The molecule has 0 aliphatic carbocycles. The molecule has 0 spiro atoms. The standard InChI is InChI=1S/C16H15NO2/c1-12-7-9-14(10-8-12)17-15(11-19-16(17)18)13-5-3-2-4-6-13/h2-10,15H,11H2,1H3/t15-/m0/s1. The van der Waals surface area contributed by atoms with Gasteiger partial charge in [-0.25, -0.2) is 4.79 Å². The average molecular weight is 253 g/mol. The lowest BCUT2D eigenvalue weighted by Crippen LogP contribution is -2.27. The SMILES string of the molecule is Cc1ccc(N2C(=O)OC[C@H]2c2ccccc2)cc1. The van der Waals surface area contributed by atoms with Crippen LogP contribution in [0.15, 0.2) is 54.6 Å². The van der Waals surface area contributed by atoms with Gasteiger partial charge in [0.2, 0.25) is 0 Å². The summed E-state index contributed by atoms with van der Waals surface area (Å²) in [5, 5.41) is 0. The minimum atomic E-state index is -0.280. The van der Waals surface area contributed by atoms with Gasteiger partial charge in [-0.15, -0.1) is 0 Å². The molecule has 2 aromatic rings. The van der Waals surface area contributed by atoms with E-state index in [1.54, 1.807) is 4.90 Å². The highest BCUT2D eigenvalue weighted by molar-refractivity contribution is 5.90. The molecule has 0 radical (unpaired) electrons. The molecule has 1 heterocycles. The predicted octanol–water partition coefficient (Wildman–Crippen LogP) is 3.69. The van der Waals surface area contributed by atoms with Crippen LogP contribution in [0.25, 0.3) is 0 Å². The van der Waals surface area contributed by atoms with Crippen molar-refractivity contribution in [1.29, 1.82) is 0 Å². The topological polar surface area (TPSA) is 29.5 Å². The first-order chi connectivity index (χ1) is 9.25. The summed E-state index contributed by atoms with van der Waals surface area (Å²) in [4.78, 5) is 13.7. The number of aryl methyl sites for hydroxylation is 1. The Hall–Kier alpha value is -2.29. The normalized spacial score (nSPS) is 18.5. The molecule has 1 aliphatic rings. The van der Waals surface area contributed by atoms with E-state index in [0.29, 0.717) is 6.61 Å². The molecular weight excluding hydrogens is 238 g/mol. The molecule has 3 rings (SSSR count). The van der Waals surface area contributed by atoms with E-state index in [2.05, 4.69) is 0 Å². The zero-order chi connectivity index (χ0) is 13.2. The highest BCUT2D eigenvalue weighted by Gasteiger charge is 2.35. The Kier molecular flexibility index (Phi) is 2.95. The molecule has 1 fully saturated rings. The Bertz CT molecular complexity index is 577. The van der Waals surface area contributed by atoms with Crippen LogP contribution in [0.1, 0.15) is 17.2 Å². The van der Waals surface area contributed by atoms with Gasteiger partial charge >= 0.3 is 6.09 Å². The molecule has 1 amide bonds. The fourth-order valence-electron chi connectivity index (χ4n) is 2.33. The van der Waals surface area contributed by atoms with Crippen molar-refractivity contribution >= 4 is 11.8 Å². The largest absolute Gasteiger partial charge is 0.447 e. The molecule has 3 nitrogen and oxygen atoms in total. The summed E-state index contributed by atoms with van der Waals surface area (Å²) in [6.07, 6.45) is -0.280. The first-order valence-corrected chi connectivity index (χ1v) is 6.33. The number of ether oxygens (including phenoxy) is 1. The van der Waals surface area contributed by atoms with Crippen LogP contribution in [0.2, 0.25) is 0 Å². The first kappa shape index (κ1) is 11.8. The zero-order valence-corrected chi connectivity index (χ0v) is 10.7. The minimum absolute atomic E-state index is 0.0450. The maximum Gasteiger partial charge on any atom is 0.415 e. The van der Waals surface area contributed by atoms with Crippen molar-refractivity contribution < 1.29 is 9.53 Å². The third-order valence-electron chi connectivity index (χ3n) is 3.37. The smallest absolute Gasteiger partial charge is 0.415 e. The Labute approximate surface area is 112 Å². The molecule has 1 aliphatic heterocycles. The molecule has 19 heavy (non-hydrogen) atoms. The van der Waals surface area contributed by atoms with E-state index < -0.39 is 0 Å². The van der Waals surface area contributed by atoms with Crippen LogP contribution >= 0.6 is 0 Å². The van der Waals surface area contributed by atoms with Gasteiger partial charge in [0.25, 0.3) is 0 Å². The average Bonchev–Trinajstić information content (AvgIpc) is 2.83. The van der Waals surface area contributed by atoms with E-state index in [1.165, 1.54) is 5.56 Å². The van der Waals surface area contributed by atoms with Gasteiger partial charge in [-0.3, -0.25) is 4.90 Å². The Balaban J connectivity index is 1.97. The van der Waals surface area contributed by atoms with Crippen molar-refractivity contribution in [2.45, 2.75) is 13.0 Å². The lowest BCUT2D eigenvalue weighted by molar-refractivity contribution is 0.179. The van der Waals surface area contributed by atoms with Crippen LogP contribution in [-0.4, -0.2) is 12.7 Å². The number of carbonyl (C=O) groups excluding carboxylic acids is 1. The number of nitrogens with zero attached hydrogens (tertiary/aromatic N) is 1. The zero-order valence-electron chi connectivity index (χ0n) is 10.7. The molecule has 0 unspecified atom stereocenters. The van der Waals surface area contributed by atoms with Crippen molar-refractivity contribution in [1.82, 2.24) is 0 Å². The highest BCUT2D eigenvalue weighted by Crippen LogP contribution is 2.32. The van der Waals surface area contributed by atoms with E-state index >= 15 is 0 Å². The summed E-state index contributed by atoms with van der Waals surface area (Å²) in [6.45, 7) is 2.43. The van der Waals surface area contributed by atoms with Gasteiger partial charge in [-0.2, -0.15) is 0 Å². The van der Waals surface area contributed by atoms with Crippen molar-refractivity contribution in [3.8, 4) is 0 Å². The van der Waals surface area contributed by atoms with Crippen molar-refractivity contribution in [3.05, 3.63) is 65.7 Å². The second-order valence-electron chi connectivity index (χ2n) is 4.71. The number of hydrogen-bond acceptors (Lipinski definition) is 2. The van der Waals surface area contributed by atoms with Gasteiger partial charge in [0.1, 0.15) is 6.61 Å². The molecule has 1 atom stereocenters. The number of amides is 1. The molecule has 96 valence electrons. The Morgan fingerprint density at radius 3 is 2.42 bits per heavy atom. The van der Waals surface area contributed by atoms with E-state index in [-0.39, 0.29) is 12.1 Å². The van der Waals surface area contributed by atoms with Crippen LogP contribution in [-0.2, 0) is 4.74 Å². The van der Waals surface area contributed by atoms with E-state index in [0.717, 1.165) is 11.3 Å². The lowest BCUT2D eigenvalue weighted by Gasteiger charge is -2.21. The highest BCUT2D eigenvalue weighted by atomic mass is 16.6. The van der Waals surface area contributed by atoms with Gasteiger partial charge in [0.15, 0.2) is 0 Å². The second kappa shape index (κ2) is 4.76. The summed E-state index contributed by atoms with van der Waals surface area (Å²) in [6, 6.07) is 17.8. The number of hydrogen-bond donors (Lipinski definition) is 0. The lowest BCUT2D eigenvalue weighted by atomic mass is 10.1. The van der Waals surface area contributed by atoms with Crippen LogP contribution in [0, 0.1) is 6.92 Å². The van der Waals surface area contributed by atoms with Crippen LogP contribution < -0.4 is 4.90 Å². The van der Waals surface area contributed by atoms with Gasteiger partial charge in [-0.1, -0.05) is 48.0 Å². The Morgan fingerprint density at radius 1 is 1.05 bits per heavy atom. The third-order valence-corrected chi connectivity index (χ3v) is 3.37. The van der Waals surface area contributed by atoms with Gasteiger partial charge in [0, 0.05) is 5.69 Å². The number of anilines is 1. The number of carbonyl (C=O) groups is 1. The van der Waals surface area contributed by atoms with E-state index in [9.17, 15) is 4.79 Å². The summed E-state index contributed by atoms with van der Waals surface area (Å²) in [5.41, 5.74) is 3.14. The molecule has 0 saturated carbocycles. The van der Waals surface area contributed by atoms with E-state index in [1.807, 2.05) is 61.5 Å². The number of rotatable bonds is 2. The van der Waals surface area contributed by atoms with Gasteiger partial charge in [-0.05, 0) is 24.6 Å². The van der Waals surface area contributed by atoms with Crippen molar-refractivity contribution in [2.24, 2.45) is 0 Å². The Morgan fingerprint density at radius 2 is 1.74 bits per heavy atom. The van der Waals surface area contributed by atoms with Gasteiger partial charge in [0.05, 0.1) is 6.04 Å². The molecule has 1 saturated heterocycles. The minimum Gasteiger partial charge on any atom is -0.447 e. The fraction of sp³-hybridized carbons (Fsp3) is 0.188. The summed E-state index contributed by atoms with van der Waals surface area (Å²) < 4.78 is 5.20. The molecule has 2 aromatic carbocycles. The number of cyclic esters (lactones) is 1. The summed E-state index contributed by atoms with van der Waals surface area (Å²) >= 11 is 0. The predicted molar refractivity (Wildman–Crippen MR) is 74.2 cm³/mol. The molecule has 0 bridgehead atoms. The molecular formula is C16H15NO2. The van der Waals surface area contributed by atoms with Crippen molar-refractivity contribution in [3.63, 3.8) is 0 Å². The van der Waals surface area contributed by atoms with Crippen LogP contribution in [0.4, 0.5) is 10.5 Å². The first-order valence-electron chi connectivity index (χ1n) is 6.33.